The molecule has 2 amide bonds. The van der Waals surface area contributed by atoms with Gasteiger partial charge in [0.15, 0.2) is 58.5 Å². The fourth-order valence-electron chi connectivity index (χ4n) is 6.37. The molecule has 26 nitrogen and oxygen atoms in total. The number of nitrogens with zero attached hydrogens (tertiary/aromatic N) is 6. The van der Waals surface area contributed by atoms with Crippen molar-refractivity contribution in [3.8, 4) is 11.5 Å². The van der Waals surface area contributed by atoms with Crippen LogP contribution in [0.4, 0.5) is 11.9 Å². The summed E-state index contributed by atoms with van der Waals surface area (Å²) in [5.41, 5.74) is -0.785. The van der Waals surface area contributed by atoms with Crippen LogP contribution in [-0.2, 0) is 37.2 Å². The van der Waals surface area contributed by atoms with Gasteiger partial charge in [-0.15, -0.1) is 9.05 Å². The molecule has 376 valence electrons. The van der Waals surface area contributed by atoms with E-state index in [1.807, 2.05) is 12.1 Å². The molecular weight excluding hydrogens is 962 g/mol. The lowest BCUT2D eigenvalue weighted by atomic mass is 10.1. The summed E-state index contributed by atoms with van der Waals surface area (Å²) in [6.07, 6.45) is -4.67. The minimum absolute atomic E-state index is 0.00200. The van der Waals surface area contributed by atoms with Crippen LogP contribution >= 0.6 is 16.5 Å². The number of para-hydroxylation sites is 2. The van der Waals surface area contributed by atoms with Crippen LogP contribution < -0.4 is 30.8 Å². The summed E-state index contributed by atoms with van der Waals surface area (Å²) in [7, 11) is -1.90. The molecule has 9 atom stereocenters. The van der Waals surface area contributed by atoms with Crippen LogP contribution in [-0.4, -0.2) is 125 Å². The number of amides is 2. The number of rotatable bonds is 10. The summed E-state index contributed by atoms with van der Waals surface area (Å²) in [4.78, 5) is 69.4. The molecule has 3 saturated heterocycles. The summed E-state index contributed by atoms with van der Waals surface area (Å²) >= 11 is 0. The Morgan fingerprint density at radius 3 is 1.61 bits per heavy atom. The zero-order valence-corrected chi connectivity index (χ0v) is 40.1. The lowest BCUT2D eigenvalue weighted by Crippen LogP contribution is -2.30. The number of aromatic amines is 2. The smallest absolute Gasteiger partial charge is 0.400 e. The van der Waals surface area contributed by atoms with E-state index < -0.39 is 76.7 Å². The van der Waals surface area contributed by atoms with Crippen molar-refractivity contribution < 1.29 is 69.5 Å². The van der Waals surface area contributed by atoms with E-state index in [2.05, 4.69) is 50.8 Å². The molecule has 3 fully saturated rings. The number of nitrogens with one attached hydrogen (secondary N) is 4. The molecule has 5 unspecified atom stereocenters. The maximum absolute atomic E-state index is 12.3. The second-order valence-corrected chi connectivity index (χ2v) is 17.0. The van der Waals surface area contributed by atoms with E-state index in [0.717, 1.165) is 0 Å². The zero-order chi connectivity index (χ0) is 54.2. The van der Waals surface area contributed by atoms with Gasteiger partial charge < -0.3 is 29.9 Å². The molecule has 70 heavy (non-hydrogen) atoms. The maximum Gasteiger partial charge on any atom is 0.805 e. The Morgan fingerprint density at radius 1 is 0.757 bits per heavy atom. The van der Waals surface area contributed by atoms with Crippen molar-refractivity contribution >= 4 is 62.5 Å². The number of H-pyrrole nitrogens is 2. The predicted octanol–water partition coefficient (Wildman–Crippen LogP) is 3.44. The monoisotopic (exact) mass is 1020 g/mol. The van der Waals surface area contributed by atoms with E-state index in [-0.39, 0.29) is 71.7 Å². The standard InChI is InChI=1S/C14H16N5O6P.C14H19N5O5.C12H10O3P.2CH4O/c1-5(2)11(20)17-14-16-10-7(12(21)18-14)15-4-19(10)13-9-8(6(3)23-13)24-26(22)25-9;1-5(2)11(22)17-14-16-10-7(12(23)18-14)15-4-19(10)13-9(21)8(20)6(3)24-13;13-16(14-11-7-3-1-4-8-11)15-12-9-5-2-6-10-12;2*1-2/h4-6,8-9,13H,1-3H3,(H-,16,17,18,20,21);4-6,8-9,13,20-21H,1-3H3,(H2,16,17,18,22,23);1-10H;2*2H,1H3/q;;+1;;/p+1/t2*6-,8?,9?,13-;;;/m11.../s1/i2*3D;;2*2T. The first kappa shape index (κ1) is 48.6. The molecule has 4 aromatic heterocycles. The fraction of sp³-hybridized carbons (Fsp3) is 0.429. The molecule has 0 aliphatic carbocycles. The van der Waals surface area contributed by atoms with Gasteiger partial charge in [-0.3, -0.25) is 48.9 Å². The molecule has 3 aliphatic heterocycles. The van der Waals surface area contributed by atoms with Crippen LogP contribution in [0.5, 0.6) is 11.5 Å². The minimum Gasteiger partial charge on any atom is -0.400 e. The van der Waals surface area contributed by atoms with E-state index >= 15 is 0 Å². The Kier molecular flexibility index (Phi) is 17.3. The first-order chi connectivity index (χ1) is 35.4. The molecule has 7 heterocycles. The van der Waals surface area contributed by atoms with Crippen LogP contribution in [0.3, 0.4) is 0 Å². The third kappa shape index (κ3) is 13.0. The number of ether oxygens (including phenoxy) is 2. The Balaban J connectivity index is 0.000000200. The Morgan fingerprint density at radius 2 is 1.19 bits per heavy atom. The topological polar surface area (TPSA) is 356 Å². The molecular formula is C42H54N10O16P2+2. The van der Waals surface area contributed by atoms with Gasteiger partial charge in [0.05, 0.1) is 24.9 Å². The van der Waals surface area contributed by atoms with Crippen molar-refractivity contribution in [1.82, 2.24) is 39.0 Å². The van der Waals surface area contributed by atoms with Gasteiger partial charge in [-0.1, -0.05) is 64.1 Å². The molecule has 8 N–H and O–H groups in total. The van der Waals surface area contributed by atoms with Crippen LogP contribution in [0.2, 0.25) is 0 Å². The summed E-state index contributed by atoms with van der Waals surface area (Å²) < 4.78 is 84.2. The molecule has 28 heteroatoms. The first-order valence-corrected chi connectivity index (χ1v) is 23.1. The van der Waals surface area contributed by atoms with Crippen LogP contribution in [0, 0.1) is 11.8 Å². The molecule has 3 aliphatic rings. The third-order valence-corrected chi connectivity index (χ3v) is 11.4. The quantitative estimate of drug-likeness (QED) is 0.0911. The summed E-state index contributed by atoms with van der Waals surface area (Å²) in [5, 5.41) is 32.1. The summed E-state index contributed by atoms with van der Waals surface area (Å²) in [6.45, 7) is 6.47. The first-order valence-electron chi connectivity index (χ1n) is 23.2. The number of anilines is 2. The number of hydrogen-bond donors (Lipinski definition) is 8. The highest BCUT2D eigenvalue weighted by Crippen LogP contribution is 2.49. The van der Waals surface area contributed by atoms with E-state index in [0.29, 0.717) is 11.5 Å². The molecule has 0 spiro atoms. The van der Waals surface area contributed by atoms with E-state index in [4.69, 9.17) is 33.2 Å². The highest BCUT2D eigenvalue weighted by molar-refractivity contribution is 7.34. The van der Waals surface area contributed by atoms with Crippen molar-refractivity contribution in [2.24, 2.45) is 11.8 Å². The number of aromatic nitrogens is 8. The second-order valence-electron chi connectivity index (χ2n) is 15.3. The largest absolute Gasteiger partial charge is 0.805 e. The SMILES string of the molecule is O=[P+](Oc1ccccc1)Oc1ccccc1.[2H]C[C@H]1O[C@@H](n2cnc3c(=O)[nH]c(NC(=O)C(C)C)nc32)C(O)C1O.[2H]C[C@H]1O[C@@H](n2cnc3c(=O)[nH]c(NC(=O)C(C)C)nc32)C2O[P+](=O)OC21.[3H]OC.[3H]OC. The highest BCUT2D eigenvalue weighted by Gasteiger charge is 2.60. The van der Waals surface area contributed by atoms with Gasteiger partial charge in [0, 0.05) is 37.9 Å². The maximum atomic E-state index is 12.3. The van der Waals surface area contributed by atoms with E-state index in [1.54, 1.807) is 76.2 Å². The minimum atomic E-state index is -2.30. The average molecular weight is 1020 g/mol. The van der Waals surface area contributed by atoms with Crippen LogP contribution in [0.25, 0.3) is 22.3 Å². The van der Waals surface area contributed by atoms with Crippen LogP contribution in [0.1, 0.15) is 56.7 Å². The van der Waals surface area contributed by atoms with Crippen molar-refractivity contribution in [3.63, 3.8) is 0 Å². The fourth-order valence-corrected chi connectivity index (χ4v) is 7.92. The lowest BCUT2D eigenvalue weighted by Gasteiger charge is -2.16. The molecule has 0 saturated carbocycles. The number of benzene rings is 2. The number of carbonyl (C=O) groups is 2. The summed E-state index contributed by atoms with van der Waals surface area (Å²) in [6, 6.07) is 17.8. The van der Waals surface area contributed by atoms with Gasteiger partial charge >= 0.3 is 16.5 Å². The molecule has 0 bridgehead atoms. The number of aliphatic hydroxyl groups is 4. The second kappa shape index (κ2) is 24.9. The number of hydrogen-bond acceptors (Lipinski definition) is 20. The van der Waals surface area contributed by atoms with Crippen molar-refractivity contribution in [2.45, 2.75) is 90.6 Å². The van der Waals surface area contributed by atoms with E-state index in [1.165, 1.54) is 36.0 Å². The van der Waals surface area contributed by atoms with Gasteiger partial charge in [-0.25, -0.2) is 19.0 Å². The molecule has 9 rings (SSSR count). The number of fused-ring (bicyclic) bond motifs is 3. The molecule has 0 radical (unpaired) electrons. The normalized spacial score (nSPS) is 23.3. The van der Waals surface area contributed by atoms with Crippen molar-refractivity contribution in [1.29, 1.82) is 2.86 Å². The Hall–Kier alpha value is -6.44. The number of aliphatic hydroxyl groups excluding tert-OH is 4. The van der Waals surface area contributed by atoms with Crippen molar-refractivity contribution in [2.75, 3.05) is 24.9 Å². The molecule has 6 aromatic rings. The van der Waals surface area contributed by atoms with E-state index in [9.17, 15) is 38.5 Å². The molecule has 2 aromatic carbocycles. The summed E-state index contributed by atoms with van der Waals surface area (Å²) in [5.74, 6) is -0.252. The lowest BCUT2D eigenvalue weighted by molar-refractivity contribution is -0.119. The predicted molar refractivity (Wildman–Crippen MR) is 250 cm³/mol. The third-order valence-electron chi connectivity index (χ3n) is 9.83. The Bertz CT molecular complexity index is 2900. The van der Waals surface area contributed by atoms with Gasteiger partial charge in [-0.05, 0) is 38.1 Å². The van der Waals surface area contributed by atoms with Gasteiger partial charge in [0.1, 0.15) is 12.2 Å². The van der Waals surface area contributed by atoms with Gasteiger partial charge in [0.25, 0.3) is 11.1 Å². The highest BCUT2D eigenvalue weighted by atomic mass is 31.1. The van der Waals surface area contributed by atoms with Crippen LogP contribution in [0.15, 0.2) is 82.9 Å². The Labute approximate surface area is 406 Å². The number of imidazole rings is 2. The van der Waals surface area contributed by atoms with Crippen molar-refractivity contribution in [3.05, 3.63) is 94.0 Å². The number of carbonyl (C=O) groups excluding carboxylic acids is 2. The zero-order valence-electron chi connectivity index (χ0n) is 42.3. The average Bonchev–Trinajstić information content (AvgIpc) is 4.20. The van der Waals surface area contributed by atoms with Gasteiger partial charge in [-0.2, -0.15) is 9.97 Å². The van der Waals surface area contributed by atoms with Gasteiger partial charge in [0.2, 0.25) is 26.6 Å².